The van der Waals surface area contributed by atoms with E-state index in [0.717, 1.165) is 38.5 Å². The molecule has 1 N–H and O–H groups in total. The highest BCUT2D eigenvalue weighted by Crippen LogP contribution is 2.75. The summed E-state index contributed by atoms with van der Waals surface area (Å²) in [6, 6.07) is 0. The van der Waals surface area contributed by atoms with Crippen LogP contribution in [0.25, 0.3) is 0 Å². The van der Waals surface area contributed by atoms with Gasteiger partial charge in [-0.3, -0.25) is 9.59 Å². The van der Waals surface area contributed by atoms with Crippen LogP contribution in [0.15, 0.2) is 0 Å². The van der Waals surface area contributed by atoms with E-state index in [1.807, 2.05) is 13.8 Å². The van der Waals surface area contributed by atoms with Crippen LogP contribution in [0, 0.1) is 45.3 Å². The number of hydrogen-bond acceptors (Lipinski definition) is 4. The Hall–Kier alpha value is -0.740. The summed E-state index contributed by atoms with van der Waals surface area (Å²) >= 11 is 0. The van der Waals surface area contributed by atoms with E-state index < -0.39 is 11.5 Å². The SMILES string of the molecule is CC1(C)CCC[C@](C)([C@H]2CC[C@]3(C)[C@@H]2C(=O)C[C@@H]2[C@@]4(C)CCC(=O)C(C)(C)[C@@H]4[C@@H](O)C[C@]23C)O1. The second-order valence-corrected chi connectivity index (χ2v) is 15.1. The van der Waals surface area contributed by atoms with Crippen molar-refractivity contribution >= 4 is 11.6 Å². The fourth-order valence-corrected chi connectivity index (χ4v) is 11.0. The van der Waals surface area contributed by atoms with Crippen molar-refractivity contribution in [2.75, 3.05) is 0 Å². The fourth-order valence-electron chi connectivity index (χ4n) is 11.0. The molecule has 9 atom stereocenters. The Morgan fingerprint density at radius 3 is 2.21 bits per heavy atom. The molecule has 5 aliphatic rings. The number of ketones is 2. The lowest BCUT2D eigenvalue weighted by molar-refractivity contribution is -0.240. The van der Waals surface area contributed by atoms with Crippen molar-refractivity contribution in [3.8, 4) is 0 Å². The van der Waals surface area contributed by atoms with Gasteiger partial charge in [0.15, 0.2) is 0 Å². The number of carbonyl (C=O) groups excluding carboxylic acids is 2. The Labute approximate surface area is 207 Å². The number of rotatable bonds is 1. The number of Topliss-reactive ketones (excluding diaryl/α,β-unsaturated/α-hetero) is 2. The topological polar surface area (TPSA) is 63.6 Å². The molecule has 1 heterocycles. The van der Waals surface area contributed by atoms with Crippen LogP contribution in [0.5, 0.6) is 0 Å². The van der Waals surface area contributed by atoms with Crippen LogP contribution in [0.2, 0.25) is 0 Å². The lowest BCUT2D eigenvalue weighted by atomic mass is 9.35. The number of aliphatic hydroxyl groups excluding tert-OH is 1. The van der Waals surface area contributed by atoms with E-state index in [1.165, 1.54) is 0 Å². The molecule has 5 fully saturated rings. The molecule has 0 amide bonds. The first kappa shape index (κ1) is 24.9. The van der Waals surface area contributed by atoms with Crippen LogP contribution in [0.3, 0.4) is 0 Å². The van der Waals surface area contributed by atoms with Crippen LogP contribution < -0.4 is 0 Å². The first-order valence-electron chi connectivity index (χ1n) is 14.0. The van der Waals surface area contributed by atoms with Gasteiger partial charge in [-0.1, -0.05) is 34.6 Å². The zero-order chi connectivity index (χ0) is 25.1. The Morgan fingerprint density at radius 2 is 1.56 bits per heavy atom. The van der Waals surface area contributed by atoms with Crippen LogP contribution in [0.4, 0.5) is 0 Å². The van der Waals surface area contributed by atoms with Gasteiger partial charge in [-0.2, -0.15) is 0 Å². The van der Waals surface area contributed by atoms with E-state index in [4.69, 9.17) is 4.74 Å². The molecule has 0 unspecified atom stereocenters. The average Bonchev–Trinajstić information content (AvgIpc) is 3.07. The zero-order valence-electron chi connectivity index (χ0n) is 22.9. The van der Waals surface area contributed by atoms with E-state index in [9.17, 15) is 14.7 Å². The summed E-state index contributed by atoms with van der Waals surface area (Å²) in [6.45, 7) is 17.8. The maximum Gasteiger partial charge on any atom is 0.138 e. The van der Waals surface area contributed by atoms with Crippen LogP contribution in [-0.4, -0.2) is 34.0 Å². The molecule has 0 aromatic rings. The Kier molecular flexibility index (Phi) is 5.27. The lowest BCUT2D eigenvalue weighted by Gasteiger charge is -2.69. The van der Waals surface area contributed by atoms with Gasteiger partial charge in [0.1, 0.15) is 11.6 Å². The lowest BCUT2D eigenvalue weighted by Crippen LogP contribution is -2.69. The van der Waals surface area contributed by atoms with Crippen molar-refractivity contribution in [1.29, 1.82) is 0 Å². The van der Waals surface area contributed by atoms with Crippen molar-refractivity contribution < 1.29 is 19.4 Å². The minimum absolute atomic E-state index is 0.00164. The van der Waals surface area contributed by atoms with Gasteiger partial charge in [-0.25, -0.2) is 0 Å². The van der Waals surface area contributed by atoms with E-state index in [1.54, 1.807) is 0 Å². The van der Waals surface area contributed by atoms with Gasteiger partial charge in [0.25, 0.3) is 0 Å². The first-order chi connectivity index (χ1) is 15.5. The maximum absolute atomic E-state index is 14.2. The van der Waals surface area contributed by atoms with Crippen LogP contribution >= 0.6 is 0 Å². The van der Waals surface area contributed by atoms with Crippen molar-refractivity contribution in [3.63, 3.8) is 0 Å². The second-order valence-electron chi connectivity index (χ2n) is 15.1. The highest BCUT2D eigenvalue weighted by molar-refractivity contribution is 5.87. The second kappa shape index (κ2) is 7.18. The molecule has 0 aromatic carbocycles. The Morgan fingerprint density at radius 1 is 0.882 bits per heavy atom. The summed E-state index contributed by atoms with van der Waals surface area (Å²) in [5, 5.41) is 11.7. The molecular weight excluding hydrogens is 424 g/mol. The monoisotopic (exact) mass is 472 g/mol. The molecule has 0 spiro atoms. The van der Waals surface area contributed by atoms with E-state index in [2.05, 4.69) is 41.5 Å². The third kappa shape index (κ3) is 3.03. The summed E-state index contributed by atoms with van der Waals surface area (Å²) in [5.41, 5.74) is -1.41. The first-order valence-corrected chi connectivity index (χ1v) is 14.0. The minimum atomic E-state index is -0.540. The molecule has 0 aromatic heterocycles. The Balaban J connectivity index is 1.56. The molecule has 5 rings (SSSR count). The van der Waals surface area contributed by atoms with Gasteiger partial charge in [0.2, 0.25) is 0 Å². The summed E-state index contributed by atoms with van der Waals surface area (Å²) in [5.74, 6) is 1.07. The predicted octanol–water partition coefficient (Wildman–Crippen LogP) is 6.13. The van der Waals surface area contributed by atoms with Crippen molar-refractivity contribution in [3.05, 3.63) is 0 Å². The summed E-state index contributed by atoms with van der Waals surface area (Å²) in [7, 11) is 0. The largest absolute Gasteiger partial charge is 0.393 e. The highest BCUT2D eigenvalue weighted by atomic mass is 16.5. The number of hydrogen-bond donors (Lipinski definition) is 1. The molecule has 4 nitrogen and oxygen atoms in total. The number of aliphatic hydroxyl groups is 1. The number of fused-ring (bicyclic) bond motifs is 5. The molecular formula is C30H48O4. The van der Waals surface area contributed by atoms with Gasteiger partial charge in [-0.15, -0.1) is 0 Å². The average molecular weight is 473 g/mol. The van der Waals surface area contributed by atoms with Gasteiger partial charge < -0.3 is 9.84 Å². The number of ether oxygens (including phenoxy) is 1. The molecule has 34 heavy (non-hydrogen) atoms. The predicted molar refractivity (Wildman–Crippen MR) is 133 cm³/mol. The van der Waals surface area contributed by atoms with E-state index in [0.29, 0.717) is 25.0 Å². The quantitative estimate of drug-likeness (QED) is 0.499. The molecule has 1 aliphatic heterocycles. The standard InChI is InChI=1S/C30H48O4/c1-25(2)12-9-13-30(8,34-25)18-10-15-28(6)23(18)19(31)16-21-27(5)14-11-22(33)26(3,4)24(27)20(32)17-29(21,28)7/h18,20-21,23-24,32H,9-17H2,1-8H3/t18-,20-,21+,23-,24-,27+,28+,29+,30+/m0/s1. The highest BCUT2D eigenvalue weighted by Gasteiger charge is 2.73. The van der Waals surface area contributed by atoms with Crippen molar-refractivity contribution in [1.82, 2.24) is 0 Å². The molecule has 0 bridgehead atoms. The van der Waals surface area contributed by atoms with Crippen LogP contribution in [0.1, 0.15) is 113 Å². The summed E-state index contributed by atoms with van der Waals surface area (Å²) in [6.07, 6.45) is 7.46. The number of carbonyl (C=O) groups is 2. The third-order valence-corrected chi connectivity index (χ3v) is 12.5. The van der Waals surface area contributed by atoms with Crippen molar-refractivity contribution in [2.24, 2.45) is 45.3 Å². The molecule has 192 valence electrons. The smallest absolute Gasteiger partial charge is 0.138 e. The molecule has 4 saturated carbocycles. The molecule has 0 radical (unpaired) electrons. The Bertz CT molecular complexity index is 905. The van der Waals surface area contributed by atoms with E-state index >= 15 is 0 Å². The minimum Gasteiger partial charge on any atom is -0.393 e. The van der Waals surface area contributed by atoms with Gasteiger partial charge in [0.05, 0.1) is 17.3 Å². The van der Waals surface area contributed by atoms with E-state index in [-0.39, 0.29) is 56.9 Å². The maximum atomic E-state index is 14.2. The summed E-state index contributed by atoms with van der Waals surface area (Å²) in [4.78, 5) is 27.1. The normalized spacial score (nSPS) is 54.2. The van der Waals surface area contributed by atoms with Gasteiger partial charge >= 0.3 is 0 Å². The molecule has 1 saturated heterocycles. The fraction of sp³-hybridized carbons (Fsp3) is 0.933. The molecule has 4 heteroatoms. The third-order valence-electron chi connectivity index (χ3n) is 12.5. The van der Waals surface area contributed by atoms with Crippen molar-refractivity contribution in [2.45, 2.75) is 130 Å². The zero-order valence-corrected chi connectivity index (χ0v) is 22.9. The van der Waals surface area contributed by atoms with Crippen LogP contribution in [-0.2, 0) is 14.3 Å². The van der Waals surface area contributed by atoms with Gasteiger partial charge in [0, 0.05) is 30.1 Å². The molecule has 4 aliphatic carbocycles. The summed E-state index contributed by atoms with van der Waals surface area (Å²) < 4.78 is 6.78. The van der Waals surface area contributed by atoms with Gasteiger partial charge in [-0.05, 0) is 93.8 Å².